The second-order valence-corrected chi connectivity index (χ2v) is 5.45. The smallest absolute Gasteiger partial charge is 0.124 e. The normalized spacial score (nSPS) is 28.6. The van der Waals surface area contributed by atoms with Crippen LogP contribution in [0.5, 0.6) is 0 Å². The van der Waals surface area contributed by atoms with Crippen molar-refractivity contribution < 1.29 is 9.84 Å². The van der Waals surface area contributed by atoms with Crippen molar-refractivity contribution in [2.75, 3.05) is 6.61 Å². The lowest BCUT2D eigenvalue weighted by molar-refractivity contribution is 0.0796. The minimum Gasteiger partial charge on any atom is -0.495 e. The second-order valence-electron chi connectivity index (χ2n) is 5.45. The highest BCUT2D eigenvalue weighted by atomic mass is 16.5. The van der Waals surface area contributed by atoms with Crippen LogP contribution in [0.15, 0.2) is 11.3 Å². The first-order valence-corrected chi connectivity index (χ1v) is 7.41. The van der Waals surface area contributed by atoms with Crippen LogP contribution in [0.2, 0.25) is 0 Å². The van der Waals surface area contributed by atoms with Crippen LogP contribution in [-0.2, 0) is 4.74 Å². The SMILES string of the molecule is OC1CCCCCCCCCC2=C1OCCC2. The highest BCUT2D eigenvalue weighted by Gasteiger charge is 2.20. The lowest BCUT2D eigenvalue weighted by Crippen LogP contribution is -2.19. The van der Waals surface area contributed by atoms with Crippen LogP contribution in [0.4, 0.5) is 0 Å². The van der Waals surface area contributed by atoms with Crippen molar-refractivity contribution in [1.29, 1.82) is 0 Å². The predicted octanol–water partition coefficient (Wildman–Crippen LogP) is 3.94. The maximum Gasteiger partial charge on any atom is 0.124 e. The lowest BCUT2D eigenvalue weighted by atomic mass is 9.94. The molecular weight excluding hydrogens is 212 g/mol. The van der Waals surface area contributed by atoms with E-state index in [4.69, 9.17) is 4.74 Å². The summed E-state index contributed by atoms with van der Waals surface area (Å²) in [6.45, 7) is 0.801. The molecule has 0 saturated carbocycles. The molecule has 2 rings (SSSR count). The Labute approximate surface area is 105 Å². The highest BCUT2D eigenvalue weighted by molar-refractivity contribution is 5.14. The van der Waals surface area contributed by atoms with Crippen molar-refractivity contribution in [3.05, 3.63) is 11.3 Å². The van der Waals surface area contributed by atoms with Gasteiger partial charge in [0.15, 0.2) is 0 Å². The zero-order chi connectivity index (χ0) is 11.9. The zero-order valence-electron chi connectivity index (χ0n) is 10.9. The zero-order valence-corrected chi connectivity index (χ0v) is 10.9. The summed E-state index contributed by atoms with van der Waals surface area (Å²) in [5, 5.41) is 10.2. The third kappa shape index (κ3) is 4.02. The van der Waals surface area contributed by atoms with Gasteiger partial charge in [-0.25, -0.2) is 0 Å². The fourth-order valence-corrected chi connectivity index (χ4v) is 2.96. The van der Waals surface area contributed by atoms with Crippen molar-refractivity contribution in [2.45, 2.75) is 76.7 Å². The molecule has 0 spiro atoms. The summed E-state index contributed by atoms with van der Waals surface area (Å²) >= 11 is 0. The Kier molecular flexibility index (Phi) is 5.37. The fraction of sp³-hybridized carbons (Fsp3) is 0.867. The van der Waals surface area contributed by atoms with E-state index in [9.17, 15) is 5.11 Å². The number of ether oxygens (including phenoxy) is 1. The fourth-order valence-electron chi connectivity index (χ4n) is 2.96. The Morgan fingerprint density at radius 2 is 1.47 bits per heavy atom. The molecule has 17 heavy (non-hydrogen) atoms. The monoisotopic (exact) mass is 238 g/mol. The molecule has 0 radical (unpaired) electrons. The van der Waals surface area contributed by atoms with Gasteiger partial charge < -0.3 is 9.84 Å². The van der Waals surface area contributed by atoms with Crippen LogP contribution in [-0.4, -0.2) is 17.8 Å². The molecule has 1 N–H and O–H groups in total. The second kappa shape index (κ2) is 7.05. The minimum atomic E-state index is -0.329. The molecule has 2 nitrogen and oxygen atoms in total. The van der Waals surface area contributed by atoms with E-state index in [2.05, 4.69) is 0 Å². The average molecular weight is 238 g/mol. The molecule has 0 amide bonds. The Balaban J connectivity index is 2.00. The first-order chi connectivity index (χ1) is 8.38. The van der Waals surface area contributed by atoms with E-state index < -0.39 is 0 Å². The van der Waals surface area contributed by atoms with Gasteiger partial charge in [0.2, 0.25) is 0 Å². The number of hydrogen-bond donors (Lipinski definition) is 1. The van der Waals surface area contributed by atoms with Crippen molar-refractivity contribution >= 4 is 0 Å². The molecule has 0 bridgehead atoms. The maximum atomic E-state index is 10.2. The summed E-state index contributed by atoms with van der Waals surface area (Å²) in [7, 11) is 0. The van der Waals surface area contributed by atoms with E-state index in [0.29, 0.717) is 0 Å². The summed E-state index contributed by atoms with van der Waals surface area (Å²) in [4.78, 5) is 0. The van der Waals surface area contributed by atoms with Crippen LogP contribution in [0.1, 0.15) is 70.6 Å². The maximum absolute atomic E-state index is 10.2. The van der Waals surface area contributed by atoms with Gasteiger partial charge in [-0.3, -0.25) is 0 Å². The summed E-state index contributed by atoms with van der Waals surface area (Å²) in [5.74, 6) is 0.942. The van der Waals surface area contributed by atoms with Crippen LogP contribution in [0, 0.1) is 0 Å². The molecule has 0 fully saturated rings. The third-order valence-corrected chi connectivity index (χ3v) is 3.99. The molecule has 2 heteroatoms. The Bertz CT molecular complexity index is 258. The summed E-state index contributed by atoms with van der Waals surface area (Å²) in [6, 6.07) is 0. The molecule has 2 aliphatic rings. The largest absolute Gasteiger partial charge is 0.495 e. The molecule has 0 aromatic carbocycles. The molecule has 98 valence electrons. The van der Waals surface area contributed by atoms with Gasteiger partial charge in [-0.15, -0.1) is 0 Å². The highest BCUT2D eigenvalue weighted by Crippen LogP contribution is 2.29. The van der Waals surface area contributed by atoms with Gasteiger partial charge in [0, 0.05) is 0 Å². The van der Waals surface area contributed by atoms with Crippen LogP contribution < -0.4 is 0 Å². The van der Waals surface area contributed by atoms with E-state index >= 15 is 0 Å². The van der Waals surface area contributed by atoms with E-state index in [1.807, 2.05) is 0 Å². The van der Waals surface area contributed by atoms with Gasteiger partial charge in [-0.2, -0.15) is 0 Å². The van der Waals surface area contributed by atoms with Gasteiger partial charge >= 0.3 is 0 Å². The predicted molar refractivity (Wildman–Crippen MR) is 69.8 cm³/mol. The molecule has 0 saturated heterocycles. The van der Waals surface area contributed by atoms with Crippen LogP contribution in [0.3, 0.4) is 0 Å². The number of allylic oxidation sites excluding steroid dienone is 1. The van der Waals surface area contributed by atoms with Gasteiger partial charge in [-0.1, -0.05) is 38.5 Å². The van der Waals surface area contributed by atoms with Gasteiger partial charge in [0.1, 0.15) is 11.9 Å². The van der Waals surface area contributed by atoms with Crippen LogP contribution in [0.25, 0.3) is 0 Å². The van der Waals surface area contributed by atoms with E-state index in [1.165, 1.54) is 44.1 Å². The molecule has 0 aromatic rings. The quantitative estimate of drug-likeness (QED) is 0.692. The Morgan fingerprint density at radius 3 is 2.29 bits per heavy atom. The van der Waals surface area contributed by atoms with Crippen molar-refractivity contribution in [1.82, 2.24) is 0 Å². The number of aliphatic hydroxyl groups is 1. The van der Waals surface area contributed by atoms with Crippen molar-refractivity contribution in [2.24, 2.45) is 0 Å². The number of hydrogen-bond acceptors (Lipinski definition) is 2. The molecule has 1 aliphatic heterocycles. The molecule has 1 unspecified atom stereocenters. The number of aliphatic hydroxyl groups excluding tert-OH is 1. The Morgan fingerprint density at radius 1 is 0.824 bits per heavy atom. The van der Waals surface area contributed by atoms with E-state index in [1.54, 1.807) is 0 Å². The van der Waals surface area contributed by atoms with Crippen LogP contribution >= 0.6 is 0 Å². The van der Waals surface area contributed by atoms with Gasteiger partial charge in [-0.05, 0) is 37.7 Å². The molecular formula is C15H26O2. The summed E-state index contributed by atoms with van der Waals surface area (Å²) in [5.41, 5.74) is 1.41. The van der Waals surface area contributed by atoms with Crippen molar-refractivity contribution in [3.8, 4) is 0 Å². The molecule has 0 aromatic heterocycles. The third-order valence-electron chi connectivity index (χ3n) is 3.99. The standard InChI is InChI=1S/C15H26O2/c16-14-11-7-5-3-1-2-4-6-9-13-10-8-12-17-15(13)14/h14,16H,1-12H2. The first kappa shape index (κ1) is 12.9. The number of rotatable bonds is 0. The average Bonchev–Trinajstić information content (AvgIpc) is 2.35. The van der Waals surface area contributed by atoms with E-state index in [-0.39, 0.29) is 6.10 Å². The van der Waals surface area contributed by atoms with Crippen molar-refractivity contribution in [3.63, 3.8) is 0 Å². The summed E-state index contributed by atoms with van der Waals surface area (Å²) < 4.78 is 5.73. The minimum absolute atomic E-state index is 0.329. The van der Waals surface area contributed by atoms with Gasteiger partial charge in [0.25, 0.3) is 0 Å². The first-order valence-electron chi connectivity index (χ1n) is 7.41. The lowest BCUT2D eigenvalue weighted by Gasteiger charge is -2.25. The molecule has 1 atom stereocenters. The Hall–Kier alpha value is -0.500. The molecule has 1 aliphatic carbocycles. The van der Waals surface area contributed by atoms with Gasteiger partial charge in [0.05, 0.1) is 6.61 Å². The summed E-state index contributed by atoms with van der Waals surface area (Å²) in [6.07, 6.45) is 13.1. The van der Waals surface area contributed by atoms with E-state index in [0.717, 1.165) is 44.5 Å². The molecule has 1 heterocycles. The topological polar surface area (TPSA) is 29.5 Å².